The van der Waals surface area contributed by atoms with Crippen molar-refractivity contribution in [3.05, 3.63) is 48.6 Å². The summed E-state index contributed by atoms with van der Waals surface area (Å²) in [5.74, 6) is -0.359. The number of amides is 1. The zero-order valence-corrected chi connectivity index (χ0v) is 14.6. The molecule has 1 aromatic rings. The molecule has 2 aliphatic rings. The minimum atomic E-state index is -0.813. The van der Waals surface area contributed by atoms with Crippen LogP contribution in [0.1, 0.15) is 6.92 Å². The third-order valence-electron chi connectivity index (χ3n) is 4.22. The third-order valence-corrected chi connectivity index (χ3v) is 5.69. The summed E-state index contributed by atoms with van der Waals surface area (Å²) in [5, 5.41) is 0.169. The molecular weight excluding hydrogens is 326 g/mol. The van der Waals surface area contributed by atoms with E-state index in [-0.39, 0.29) is 17.1 Å². The fourth-order valence-electron chi connectivity index (χ4n) is 3.10. The molecule has 2 heterocycles. The number of thioether (sulfide) groups is 1. The highest BCUT2D eigenvalue weighted by atomic mass is 32.2. The molecule has 2 aliphatic heterocycles. The number of hydrogen-bond acceptors (Lipinski definition) is 5. The number of benzene rings is 1. The molecule has 3 rings (SSSR count). The molecule has 1 amide bonds. The van der Waals surface area contributed by atoms with Crippen molar-refractivity contribution >= 4 is 29.3 Å². The first-order valence-electron chi connectivity index (χ1n) is 7.63. The van der Waals surface area contributed by atoms with E-state index in [0.29, 0.717) is 5.75 Å². The van der Waals surface area contributed by atoms with Crippen LogP contribution in [0.15, 0.2) is 48.6 Å². The van der Waals surface area contributed by atoms with Crippen molar-refractivity contribution in [2.75, 3.05) is 19.1 Å². The maximum Gasteiger partial charge on any atom is 0.316 e. The molecule has 0 aliphatic carbocycles. The molecule has 1 spiro atoms. The Morgan fingerprint density at radius 2 is 1.92 bits per heavy atom. The van der Waals surface area contributed by atoms with Crippen molar-refractivity contribution in [3.8, 4) is 5.75 Å². The molecule has 126 valence electrons. The van der Waals surface area contributed by atoms with Crippen molar-refractivity contribution in [1.82, 2.24) is 0 Å². The van der Waals surface area contributed by atoms with Crippen LogP contribution < -0.4 is 9.64 Å². The molecule has 0 saturated heterocycles. The first-order chi connectivity index (χ1) is 11.5. The van der Waals surface area contributed by atoms with Crippen molar-refractivity contribution in [2.24, 2.45) is 5.92 Å². The Labute approximate surface area is 145 Å². The van der Waals surface area contributed by atoms with E-state index in [1.807, 2.05) is 37.3 Å². The monoisotopic (exact) mass is 345 g/mol. The summed E-state index contributed by atoms with van der Waals surface area (Å²) in [5.41, 5.74) is 0.717. The Bertz CT molecular complexity index is 712. The minimum Gasteiger partial charge on any atom is -0.497 e. The summed E-state index contributed by atoms with van der Waals surface area (Å²) < 4.78 is 10.2. The molecule has 6 heteroatoms. The SMILES string of the molecule is COC(=O)[C@H]1C=C[C@@H](C)S[C@@]12C=CC(=O)N2c1ccc(OC)cc1. The molecule has 0 bridgehead atoms. The second kappa shape index (κ2) is 6.36. The van der Waals surface area contributed by atoms with Crippen LogP contribution in [0.5, 0.6) is 5.75 Å². The standard InChI is InChI=1S/C18H19NO4S/c1-12-4-9-15(17(21)23-3)18(24-12)11-10-16(20)19(18)13-5-7-14(22-2)8-6-13/h4-12,15H,1-3H3/t12-,15-,18+/m1/s1. The van der Waals surface area contributed by atoms with Crippen molar-refractivity contribution < 1.29 is 19.1 Å². The summed E-state index contributed by atoms with van der Waals surface area (Å²) in [6.07, 6.45) is 7.15. The fraction of sp³-hybridized carbons (Fsp3) is 0.333. The lowest BCUT2D eigenvalue weighted by Crippen LogP contribution is -2.53. The van der Waals surface area contributed by atoms with Gasteiger partial charge in [-0.25, -0.2) is 0 Å². The third kappa shape index (κ3) is 2.60. The quantitative estimate of drug-likeness (QED) is 0.623. The number of ether oxygens (including phenoxy) is 2. The van der Waals surface area contributed by atoms with Crippen LogP contribution in [0.25, 0.3) is 0 Å². The van der Waals surface area contributed by atoms with Crippen LogP contribution in [-0.2, 0) is 14.3 Å². The zero-order chi connectivity index (χ0) is 17.3. The Hall–Kier alpha value is -2.21. The van der Waals surface area contributed by atoms with E-state index >= 15 is 0 Å². The van der Waals surface area contributed by atoms with Crippen LogP contribution in [-0.4, -0.2) is 36.2 Å². The number of nitrogens with zero attached hydrogens (tertiary/aromatic N) is 1. The number of carbonyl (C=O) groups excluding carboxylic acids is 2. The van der Waals surface area contributed by atoms with Gasteiger partial charge in [0.25, 0.3) is 5.91 Å². The van der Waals surface area contributed by atoms with E-state index in [1.54, 1.807) is 35.9 Å². The molecule has 0 aromatic heterocycles. The number of rotatable bonds is 3. The van der Waals surface area contributed by atoms with Crippen molar-refractivity contribution in [1.29, 1.82) is 0 Å². The Morgan fingerprint density at radius 3 is 2.54 bits per heavy atom. The average Bonchev–Trinajstić information content (AvgIpc) is 2.91. The van der Waals surface area contributed by atoms with Crippen LogP contribution in [0.4, 0.5) is 5.69 Å². The highest BCUT2D eigenvalue weighted by Gasteiger charge is 2.53. The second-order valence-corrected chi connectivity index (χ2v) is 7.30. The van der Waals surface area contributed by atoms with Crippen LogP contribution in [0.3, 0.4) is 0 Å². The lowest BCUT2D eigenvalue weighted by molar-refractivity contribution is -0.144. The maximum absolute atomic E-state index is 12.6. The molecule has 0 fully saturated rings. The summed E-state index contributed by atoms with van der Waals surface area (Å²) in [6.45, 7) is 2.04. The van der Waals surface area contributed by atoms with E-state index in [4.69, 9.17) is 9.47 Å². The van der Waals surface area contributed by atoms with Gasteiger partial charge in [-0.15, -0.1) is 11.8 Å². The predicted molar refractivity (Wildman–Crippen MR) is 94.1 cm³/mol. The van der Waals surface area contributed by atoms with Crippen molar-refractivity contribution in [3.63, 3.8) is 0 Å². The van der Waals surface area contributed by atoms with E-state index in [0.717, 1.165) is 5.69 Å². The van der Waals surface area contributed by atoms with Crippen LogP contribution >= 0.6 is 11.8 Å². The molecule has 0 saturated carbocycles. The van der Waals surface area contributed by atoms with Gasteiger partial charge in [0.1, 0.15) is 16.5 Å². The first kappa shape index (κ1) is 16.6. The smallest absolute Gasteiger partial charge is 0.316 e. The second-order valence-electron chi connectivity index (χ2n) is 5.67. The number of carbonyl (C=O) groups is 2. The summed E-state index contributed by atoms with van der Waals surface area (Å²) in [6, 6.07) is 7.25. The van der Waals surface area contributed by atoms with Gasteiger partial charge in [0.2, 0.25) is 0 Å². The molecule has 3 atom stereocenters. The summed E-state index contributed by atoms with van der Waals surface area (Å²) in [4.78, 5) is 25.8. The summed E-state index contributed by atoms with van der Waals surface area (Å²) in [7, 11) is 2.96. The first-order valence-corrected chi connectivity index (χ1v) is 8.51. The van der Waals surface area contributed by atoms with Gasteiger partial charge in [-0.1, -0.05) is 12.2 Å². The highest BCUT2D eigenvalue weighted by molar-refractivity contribution is 8.01. The van der Waals surface area contributed by atoms with Crippen LogP contribution in [0.2, 0.25) is 0 Å². The maximum atomic E-state index is 12.6. The van der Waals surface area contributed by atoms with Gasteiger partial charge in [-0.3, -0.25) is 14.5 Å². The molecule has 1 aromatic carbocycles. The van der Waals surface area contributed by atoms with Gasteiger partial charge < -0.3 is 9.47 Å². The minimum absolute atomic E-state index is 0.149. The molecule has 24 heavy (non-hydrogen) atoms. The molecule has 0 N–H and O–H groups in total. The molecule has 0 unspecified atom stereocenters. The average molecular weight is 345 g/mol. The normalized spacial score (nSPS) is 28.5. The van der Waals surface area contributed by atoms with E-state index in [1.165, 1.54) is 13.2 Å². The van der Waals surface area contributed by atoms with Crippen molar-refractivity contribution in [2.45, 2.75) is 17.0 Å². The fourth-order valence-corrected chi connectivity index (χ4v) is 4.63. The van der Waals surface area contributed by atoms with E-state index in [9.17, 15) is 9.59 Å². The van der Waals surface area contributed by atoms with Gasteiger partial charge >= 0.3 is 5.97 Å². The highest BCUT2D eigenvalue weighted by Crippen LogP contribution is 2.49. The largest absolute Gasteiger partial charge is 0.497 e. The number of hydrogen-bond donors (Lipinski definition) is 0. The predicted octanol–water partition coefficient (Wildman–Crippen LogP) is 2.78. The number of anilines is 1. The Kier molecular flexibility index (Phi) is 4.41. The molecule has 5 nitrogen and oxygen atoms in total. The van der Waals surface area contributed by atoms with E-state index in [2.05, 4.69) is 0 Å². The Morgan fingerprint density at radius 1 is 1.21 bits per heavy atom. The summed E-state index contributed by atoms with van der Waals surface area (Å²) >= 11 is 1.56. The Balaban J connectivity index is 2.07. The van der Waals surface area contributed by atoms with Gasteiger partial charge in [0, 0.05) is 17.0 Å². The molecule has 0 radical (unpaired) electrons. The van der Waals surface area contributed by atoms with Crippen LogP contribution in [0, 0.1) is 5.92 Å². The number of methoxy groups -OCH3 is 2. The molecular formula is C18H19NO4S. The number of esters is 1. The van der Waals surface area contributed by atoms with Gasteiger partial charge in [-0.2, -0.15) is 0 Å². The van der Waals surface area contributed by atoms with Gasteiger partial charge in [-0.05, 0) is 37.3 Å². The lowest BCUT2D eigenvalue weighted by Gasteiger charge is -2.44. The van der Waals surface area contributed by atoms with Gasteiger partial charge in [0.05, 0.1) is 14.2 Å². The van der Waals surface area contributed by atoms with Gasteiger partial charge in [0.15, 0.2) is 0 Å². The van der Waals surface area contributed by atoms with E-state index < -0.39 is 10.8 Å². The zero-order valence-electron chi connectivity index (χ0n) is 13.8. The topological polar surface area (TPSA) is 55.8 Å². The lowest BCUT2D eigenvalue weighted by atomic mass is 9.96.